The van der Waals surface area contributed by atoms with E-state index in [4.69, 9.17) is 5.73 Å². The Morgan fingerprint density at radius 3 is 2.56 bits per heavy atom. The van der Waals surface area contributed by atoms with Crippen LogP contribution in [0.15, 0.2) is 18.2 Å². The normalized spacial score (nSPS) is 16.4. The van der Waals surface area contributed by atoms with E-state index in [-0.39, 0.29) is 12.5 Å². The maximum absolute atomic E-state index is 13.1. The van der Waals surface area contributed by atoms with Gasteiger partial charge in [0.25, 0.3) is 0 Å². The second-order valence-corrected chi connectivity index (χ2v) is 4.72. The fourth-order valence-corrected chi connectivity index (χ4v) is 1.85. The van der Waals surface area contributed by atoms with Crippen LogP contribution in [0.4, 0.5) is 8.78 Å². The summed E-state index contributed by atoms with van der Waals surface area (Å²) >= 11 is 0. The molecule has 2 N–H and O–H groups in total. The molecule has 0 unspecified atom stereocenters. The minimum absolute atomic E-state index is 0.116. The molecule has 0 saturated heterocycles. The van der Waals surface area contributed by atoms with Crippen LogP contribution in [0, 0.1) is 11.6 Å². The fourth-order valence-electron chi connectivity index (χ4n) is 1.85. The molecule has 0 heterocycles. The predicted molar refractivity (Wildman–Crippen MR) is 63.6 cm³/mol. The van der Waals surface area contributed by atoms with Gasteiger partial charge in [0.1, 0.15) is 0 Å². The van der Waals surface area contributed by atoms with Gasteiger partial charge >= 0.3 is 0 Å². The second-order valence-electron chi connectivity index (χ2n) is 4.72. The molecule has 2 rings (SSSR count). The zero-order valence-corrected chi connectivity index (χ0v) is 10.2. The summed E-state index contributed by atoms with van der Waals surface area (Å²) in [5.41, 5.74) is 5.68. The summed E-state index contributed by atoms with van der Waals surface area (Å²) in [4.78, 5) is 13.6. The van der Waals surface area contributed by atoms with Gasteiger partial charge in [0, 0.05) is 13.1 Å². The zero-order valence-electron chi connectivity index (χ0n) is 10.2. The number of nitrogens with two attached hydrogens (primary N) is 1. The van der Waals surface area contributed by atoms with Crippen LogP contribution < -0.4 is 5.73 Å². The van der Waals surface area contributed by atoms with Crippen LogP contribution in [0.25, 0.3) is 0 Å². The molecule has 0 atom stereocenters. The molecule has 1 aliphatic rings. The van der Waals surface area contributed by atoms with Crippen molar-refractivity contribution in [1.82, 2.24) is 4.90 Å². The summed E-state index contributed by atoms with van der Waals surface area (Å²) in [7, 11) is 0. The van der Waals surface area contributed by atoms with Crippen molar-refractivity contribution in [3.8, 4) is 0 Å². The van der Waals surface area contributed by atoms with Gasteiger partial charge in [0.2, 0.25) is 5.91 Å². The minimum Gasteiger partial charge on any atom is -0.337 e. The number of likely N-dealkylation sites (N-methyl/N-ethyl adjacent to an activating group) is 1. The Hall–Kier alpha value is -1.49. The molecule has 98 valence electrons. The van der Waals surface area contributed by atoms with E-state index in [2.05, 4.69) is 0 Å². The van der Waals surface area contributed by atoms with E-state index in [9.17, 15) is 13.6 Å². The van der Waals surface area contributed by atoms with Crippen LogP contribution in [-0.2, 0) is 11.3 Å². The van der Waals surface area contributed by atoms with Crippen LogP contribution >= 0.6 is 0 Å². The molecule has 0 spiro atoms. The van der Waals surface area contributed by atoms with Gasteiger partial charge in [-0.05, 0) is 37.5 Å². The number of benzene rings is 1. The number of halogens is 2. The van der Waals surface area contributed by atoms with Crippen LogP contribution in [0.3, 0.4) is 0 Å². The van der Waals surface area contributed by atoms with Gasteiger partial charge in [-0.1, -0.05) is 6.07 Å². The maximum atomic E-state index is 13.1. The number of rotatable bonds is 4. The van der Waals surface area contributed by atoms with Crippen LogP contribution in [-0.4, -0.2) is 22.9 Å². The molecule has 3 nitrogen and oxygen atoms in total. The van der Waals surface area contributed by atoms with Crippen molar-refractivity contribution < 1.29 is 13.6 Å². The summed E-state index contributed by atoms with van der Waals surface area (Å²) in [6, 6.07) is 3.66. The topological polar surface area (TPSA) is 46.3 Å². The molecular weight excluding hydrogens is 238 g/mol. The third-order valence-electron chi connectivity index (χ3n) is 3.24. The van der Waals surface area contributed by atoms with Crippen molar-refractivity contribution in [3.05, 3.63) is 35.4 Å². The largest absolute Gasteiger partial charge is 0.337 e. The van der Waals surface area contributed by atoms with E-state index >= 15 is 0 Å². The lowest BCUT2D eigenvalue weighted by Crippen LogP contribution is -2.45. The van der Waals surface area contributed by atoms with Crippen LogP contribution in [0.1, 0.15) is 25.3 Å². The summed E-state index contributed by atoms with van der Waals surface area (Å²) in [5.74, 6) is -1.90. The highest BCUT2D eigenvalue weighted by Gasteiger charge is 2.47. The lowest BCUT2D eigenvalue weighted by molar-refractivity contribution is -0.134. The van der Waals surface area contributed by atoms with E-state index in [1.54, 1.807) is 4.90 Å². The Labute approximate surface area is 105 Å². The smallest absolute Gasteiger partial charge is 0.242 e. The molecule has 0 aromatic heterocycles. The first-order valence-electron chi connectivity index (χ1n) is 5.98. The number of carbonyl (C=O) groups is 1. The minimum atomic E-state index is -0.898. The lowest BCUT2D eigenvalue weighted by Gasteiger charge is -2.24. The first-order chi connectivity index (χ1) is 8.46. The number of hydrogen-bond donors (Lipinski definition) is 1. The Morgan fingerprint density at radius 2 is 2.06 bits per heavy atom. The summed E-state index contributed by atoms with van der Waals surface area (Å²) in [6.07, 6.45) is 1.39. The molecule has 0 bridgehead atoms. The lowest BCUT2D eigenvalue weighted by atomic mass is 10.1. The van der Waals surface area contributed by atoms with Crippen molar-refractivity contribution in [3.63, 3.8) is 0 Å². The molecule has 0 radical (unpaired) electrons. The van der Waals surface area contributed by atoms with Gasteiger partial charge in [-0.3, -0.25) is 4.79 Å². The van der Waals surface area contributed by atoms with Crippen molar-refractivity contribution in [2.24, 2.45) is 5.73 Å². The molecule has 1 aliphatic carbocycles. The molecule has 1 saturated carbocycles. The number of carbonyl (C=O) groups excluding carboxylic acids is 1. The third-order valence-corrected chi connectivity index (χ3v) is 3.24. The molecular formula is C13H16F2N2O. The van der Waals surface area contributed by atoms with Crippen LogP contribution in [0.5, 0.6) is 0 Å². The second kappa shape index (κ2) is 4.65. The molecule has 5 heteroatoms. The van der Waals surface area contributed by atoms with E-state index in [0.29, 0.717) is 24.9 Å². The van der Waals surface area contributed by atoms with Gasteiger partial charge in [0.05, 0.1) is 5.54 Å². The van der Waals surface area contributed by atoms with Crippen molar-refractivity contribution in [1.29, 1.82) is 0 Å². The zero-order chi connectivity index (χ0) is 13.3. The van der Waals surface area contributed by atoms with Gasteiger partial charge in [-0.25, -0.2) is 8.78 Å². The third kappa shape index (κ3) is 2.51. The molecule has 1 aromatic rings. The Balaban J connectivity index is 2.10. The van der Waals surface area contributed by atoms with Gasteiger partial charge in [0.15, 0.2) is 11.6 Å². The summed E-state index contributed by atoms with van der Waals surface area (Å²) in [5, 5.41) is 0. The monoisotopic (exact) mass is 254 g/mol. The SMILES string of the molecule is CCN(Cc1ccc(F)c(F)c1)C(=O)C1(N)CC1. The Bertz CT molecular complexity index is 472. The number of hydrogen-bond acceptors (Lipinski definition) is 2. The molecule has 18 heavy (non-hydrogen) atoms. The highest BCUT2D eigenvalue weighted by atomic mass is 19.2. The maximum Gasteiger partial charge on any atom is 0.242 e. The van der Waals surface area contributed by atoms with E-state index < -0.39 is 17.2 Å². The first-order valence-corrected chi connectivity index (χ1v) is 5.98. The summed E-state index contributed by atoms with van der Waals surface area (Å²) < 4.78 is 25.9. The number of nitrogens with zero attached hydrogens (tertiary/aromatic N) is 1. The Morgan fingerprint density at radius 1 is 1.39 bits per heavy atom. The predicted octanol–water partition coefficient (Wildman–Crippen LogP) is 1.80. The first kappa shape index (κ1) is 13.0. The molecule has 1 amide bonds. The fraction of sp³-hybridized carbons (Fsp3) is 0.462. The average molecular weight is 254 g/mol. The van der Waals surface area contributed by atoms with Crippen molar-refractivity contribution >= 4 is 5.91 Å². The van der Waals surface area contributed by atoms with Gasteiger partial charge in [-0.15, -0.1) is 0 Å². The van der Waals surface area contributed by atoms with Crippen molar-refractivity contribution in [2.75, 3.05) is 6.54 Å². The molecule has 0 aliphatic heterocycles. The highest BCUT2D eigenvalue weighted by Crippen LogP contribution is 2.34. The molecule has 1 aromatic carbocycles. The average Bonchev–Trinajstić information content (AvgIpc) is 3.09. The number of amides is 1. The Kier molecular flexibility index (Phi) is 3.34. The van der Waals surface area contributed by atoms with Crippen molar-refractivity contribution in [2.45, 2.75) is 31.8 Å². The van der Waals surface area contributed by atoms with Crippen LogP contribution in [0.2, 0.25) is 0 Å². The summed E-state index contributed by atoms with van der Waals surface area (Å²) in [6.45, 7) is 2.59. The van der Waals surface area contributed by atoms with E-state index in [1.807, 2.05) is 6.92 Å². The highest BCUT2D eigenvalue weighted by molar-refractivity contribution is 5.89. The van der Waals surface area contributed by atoms with Gasteiger partial charge in [-0.2, -0.15) is 0 Å². The molecule has 1 fully saturated rings. The van der Waals surface area contributed by atoms with E-state index in [1.165, 1.54) is 6.07 Å². The standard InChI is InChI=1S/C13H16F2N2O/c1-2-17(12(18)13(16)5-6-13)8-9-3-4-10(14)11(15)7-9/h3-4,7H,2,5-6,8,16H2,1H3. The van der Waals surface area contributed by atoms with Gasteiger partial charge < -0.3 is 10.6 Å². The quantitative estimate of drug-likeness (QED) is 0.890. The van der Waals surface area contributed by atoms with E-state index in [0.717, 1.165) is 12.1 Å².